The van der Waals surface area contributed by atoms with E-state index in [9.17, 15) is 0 Å². The van der Waals surface area contributed by atoms with Crippen LogP contribution < -0.4 is 5.32 Å². The minimum atomic E-state index is 0.117. The molecule has 0 aliphatic heterocycles. The van der Waals surface area contributed by atoms with Crippen LogP contribution in [0, 0.1) is 0 Å². The summed E-state index contributed by atoms with van der Waals surface area (Å²) in [7, 11) is 0. The van der Waals surface area contributed by atoms with Crippen molar-refractivity contribution >= 4 is 11.5 Å². The van der Waals surface area contributed by atoms with E-state index in [4.69, 9.17) is 4.42 Å². The minimum Gasteiger partial charge on any atom is -0.418 e. The fourth-order valence-corrected chi connectivity index (χ4v) is 2.59. The topological polar surface area (TPSA) is 76.7 Å². The van der Waals surface area contributed by atoms with Gasteiger partial charge in [-0.2, -0.15) is 0 Å². The maximum Gasteiger partial charge on any atom is 0.261 e. The Kier molecular flexibility index (Phi) is 5.60. The highest BCUT2D eigenvalue weighted by Gasteiger charge is 2.20. The lowest BCUT2D eigenvalue weighted by Crippen LogP contribution is -2.21. The van der Waals surface area contributed by atoms with E-state index in [0.717, 1.165) is 42.8 Å². The van der Waals surface area contributed by atoms with Gasteiger partial charge in [-0.1, -0.05) is 31.7 Å². The largest absolute Gasteiger partial charge is 0.418 e. The Balaban J connectivity index is 2.16. The van der Waals surface area contributed by atoms with Crippen molar-refractivity contribution in [1.29, 1.82) is 0 Å². The van der Waals surface area contributed by atoms with E-state index in [1.807, 2.05) is 0 Å². The standard InChI is InChI=1S/C13H21N5OS/c1-4-7-10-11(20-18-15-10)13-17-16-12(19-13)9(6-3)14-8-5-2/h9,14H,4-8H2,1-3H3. The lowest BCUT2D eigenvalue weighted by Gasteiger charge is -2.11. The highest BCUT2D eigenvalue weighted by atomic mass is 32.1. The Morgan fingerprint density at radius 1 is 1.15 bits per heavy atom. The molecule has 0 aromatic carbocycles. The monoisotopic (exact) mass is 295 g/mol. The third-order valence-corrected chi connectivity index (χ3v) is 3.78. The van der Waals surface area contributed by atoms with E-state index in [1.165, 1.54) is 11.5 Å². The maximum atomic E-state index is 5.81. The normalized spacial score (nSPS) is 12.8. The number of hydrogen-bond donors (Lipinski definition) is 1. The first-order valence-corrected chi connectivity index (χ1v) is 7.95. The fraction of sp³-hybridized carbons (Fsp3) is 0.692. The molecule has 2 aromatic heterocycles. The molecule has 1 N–H and O–H groups in total. The van der Waals surface area contributed by atoms with Crippen LogP contribution in [0.2, 0.25) is 0 Å². The average Bonchev–Trinajstić information content (AvgIpc) is 3.09. The zero-order valence-electron chi connectivity index (χ0n) is 12.2. The van der Waals surface area contributed by atoms with E-state index in [0.29, 0.717) is 11.8 Å². The highest BCUT2D eigenvalue weighted by Crippen LogP contribution is 2.27. The fourth-order valence-electron chi connectivity index (χ4n) is 1.96. The molecule has 7 heteroatoms. The summed E-state index contributed by atoms with van der Waals surface area (Å²) in [5.41, 5.74) is 0.947. The third kappa shape index (κ3) is 3.40. The quantitative estimate of drug-likeness (QED) is 0.806. The summed E-state index contributed by atoms with van der Waals surface area (Å²) in [5.74, 6) is 1.18. The van der Waals surface area contributed by atoms with Gasteiger partial charge in [0.15, 0.2) is 0 Å². The molecule has 2 rings (SSSR count). The second-order valence-corrected chi connectivity index (χ2v) is 5.41. The molecular weight excluding hydrogens is 274 g/mol. The van der Waals surface area contributed by atoms with Crippen molar-refractivity contribution in [2.75, 3.05) is 6.54 Å². The highest BCUT2D eigenvalue weighted by molar-refractivity contribution is 7.09. The second kappa shape index (κ2) is 7.44. The van der Waals surface area contributed by atoms with Crippen LogP contribution in [0.4, 0.5) is 0 Å². The van der Waals surface area contributed by atoms with Crippen LogP contribution in [0.1, 0.15) is 57.7 Å². The molecule has 20 heavy (non-hydrogen) atoms. The van der Waals surface area contributed by atoms with Crippen LogP contribution in [0.15, 0.2) is 4.42 Å². The predicted molar refractivity (Wildman–Crippen MR) is 78.5 cm³/mol. The van der Waals surface area contributed by atoms with Gasteiger partial charge in [0.2, 0.25) is 5.89 Å². The first-order valence-electron chi connectivity index (χ1n) is 7.18. The summed E-state index contributed by atoms with van der Waals surface area (Å²) in [6, 6.07) is 0.117. The van der Waals surface area contributed by atoms with Gasteiger partial charge in [-0.25, -0.2) is 0 Å². The van der Waals surface area contributed by atoms with E-state index in [1.54, 1.807) is 0 Å². The molecule has 0 saturated heterocycles. The van der Waals surface area contributed by atoms with Gasteiger partial charge in [-0.05, 0) is 37.3 Å². The Hall–Kier alpha value is -1.34. The number of aryl methyl sites for hydroxylation is 1. The summed E-state index contributed by atoms with van der Waals surface area (Å²) in [5, 5.41) is 15.9. The molecule has 110 valence electrons. The third-order valence-electron chi connectivity index (χ3n) is 3.02. The smallest absolute Gasteiger partial charge is 0.261 e. The Bertz CT molecular complexity index is 524. The molecule has 1 unspecified atom stereocenters. The van der Waals surface area contributed by atoms with Gasteiger partial charge in [0, 0.05) is 0 Å². The Labute approximate surface area is 123 Å². The SMILES string of the molecule is CCCNC(CC)c1nnc(-c2snnc2CCC)o1. The molecule has 0 bridgehead atoms. The first kappa shape index (κ1) is 15.1. The number of nitrogens with zero attached hydrogens (tertiary/aromatic N) is 4. The van der Waals surface area contributed by atoms with Gasteiger partial charge in [0.05, 0.1) is 11.7 Å². The van der Waals surface area contributed by atoms with Crippen LogP contribution in [0.25, 0.3) is 10.8 Å². The summed E-state index contributed by atoms with van der Waals surface area (Å²) in [6.45, 7) is 7.30. The summed E-state index contributed by atoms with van der Waals surface area (Å²) >= 11 is 1.32. The van der Waals surface area contributed by atoms with Crippen molar-refractivity contribution in [3.63, 3.8) is 0 Å². The van der Waals surface area contributed by atoms with Crippen LogP contribution in [-0.2, 0) is 6.42 Å². The van der Waals surface area contributed by atoms with E-state index < -0.39 is 0 Å². The molecule has 1 atom stereocenters. The van der Waals surface area contributed by atoms with E-state index in [-0.39, 0.29) is 6.04 Å². The van der Waals surface area contributed by atoms with Crippen molar-refractivity contribution in [3.05, 3.63) is 11.6 Å². The lowest BCUT2D eigenvalue weighted by molar-refractivity contribution is 0.396. The van der Waals surface area contributed by atoms with Gasteiger partial charge in [0.25, 0.3) is 5.89 Å². The molecule has 6 nitrogen and oxygen atoms in total. The molecule has 0 saturated carbocycles. The molecule has 0 radical (unpaired) electrons. The van der Waals surface area contributed by atoms with Crippen LogP contribution in [0.5, 0.6) is 0 Å². The minimum absolute atomic E-state index is 0.117. The zero-order chi connectivity index (χ0) is 14.4. The molecule has 0 amide bonds. The molecule has 2 aromatic rings. The first-order chi connectivity index (χ1) is 9.80. The number of rotatable bonds is 8. The van der Waals surface area contributed by atoms with Crippen molar-refractivity contribution in [2.45, 2.75) is 52.5 Å². The van der Waals surface area contributed by atoms with Crippen LogP contribution >= 0.6 is 11.5 Å². The number of hydrogen-bond acceptors (Lipinski definition) is 7. The summed E-state index contributed by atoms with van der Waals surface area (Å²) in [6.07, 6.45) is 3.91. The molecule has 0 aliphatic carbocycles. The summed E-state index contributed by atoms with van der Waals surface area (Å²) < 4.78 is 9.80. The lowest BCUT2D eigenvalue weighted by atomic mass is 10.2. The average molecular weight is 295 g/mol. The number of nitrogens with one attached hydrogen (secondary N) is 1. The van der Waals surface area contributed by atoms with Crippen LogP contribution in [-0.4, -0.2) is 26.3 Å². The Morgan fingerprint density at radius 2 is 2.00 bits per heavy atom. The van der Waals surface area contributed by atoms with Crippen molar-refractivity contribution < 1.29 is 4.42 Å². The number of aromatic nitrogens is 4. The molecule has 0 aliphatic rings. The Morgan fingerprint density at radius 3 is 2.70 bits per heavy atom. The molecule has 2 heterocycles. The van der Waals surface area contributed by atoms with Crippen molar-refractivity contribution in [2.24, 2.45) is 0 Å². The predicted octanol–water partition coefficient (Wildman–Crippen LogP) is 2.99. The molecule has 0 spiro atoms. The zero-order valence-corrected chi connectivity index (χ0v) is 13.0. The van der Waals surface area contributed by atoms with Gasteiger partial charge >= 0.3 is 0 Å². The van der Waals surface area contributed by atoms with Gasteiger partial charge < -0.3 is 9.73 Å². The van der Waals surface area contributed by atoms with E-state index >= 15 is 0 Å². The summed E-state index contributed by atoms with van der Waals surface area (Å²) in [4.78, 5) is 0.899. The maximum absolute atomic E-state index is 5.81. The van der Waals surface area contributed by atoms with Gasteiger partial charge in [0.1, 0.15) is 4.88 Å². The van der Waals surface area contributed by atoms with Gasteiger partial charge in [-0.15, -0.1) is 15.3 Å². The van der Waals surface area contributed by atoms with Crippen molar-refractivity contribution in [3.8, 4) is 10.8 Å². The van der Waals surface area contributed by atoms with Crippen LogP contribution in [0.3, 0.4) is 0 Å². The second-order valence-electron chi connectivity index (χ2n) is 4.66. The van der Waals surface area contributed by atoms with Crippen molar-refractivity contribution in [1.82, 2.24) is 25.1 Å². The van der Waals surface area contributed by atoms with Gasteiger partial charge in [-0.3, -0.25) is 0 Å². The van der Waals surface area contributed by atoms with E-state index in [2.05, 4.69) is 45.9 Å². The molecule has 0 fully saturated rings. The molecular formula is C13H21N5OS.